The van der Waals surface area contributed by atoms with Crippen LogP contribution in [0, 0.1) is 0 Å². The normalized spacial score (nSPS) is 10.2. The summed E-state index contributed by atoms with van der Waals surface area (Å²) in [6.07, 6.45) is 0.149. The van der Waals surface area contributed by atoms with Crippen LogP contribution in [0.4, 0.5) is 11.4 Å². The molecule has 0 aromatic heterocycles. The SMILES string of the molecule is COc1ccc(NC(=O)CCN(C(C)=O)c2ccc(Cl)cc2)cc1OC. The van der Waals surface area contributed by atoms with Crippen LogP contribution in [0.25, 0.3) is 0 Å². The predicted octanol–water partition coefficient (Wildman–Crippen LogP) is 3.74. The third kappa shape index (κ3) is 5.13. The minimum Gasteiger partial charge on any atom is -0.493 e. The molecule has 2 aromatic carbocycles. The largest absolute Gasteiger partial charge is 0.493 e. The van der Waals surface area contributed by atoms with Gasteiger partial charge in [0.25, 0.3) is 0 Å². The van der Waals surface area contributed by atoms with Crippen LogP contribution in [0.5, 0.6) is 11.5 Å². The van der Waals surface area contributed by atoms with Crippen LogP contribution >= 0.6 is 11.6 Å². The van der Waals surface area contributed by atoms with E-state index in [0.717, 1.165) is 0 Å². The van der Waals surface area contributed by atoms with Crippen molar-refractivity contribution >= 4 is 34.8 Å². The van der Waals surface area contributed by atoms with Gasteiger partial charge in [-0.15, -0.1) is 0 Å². The summed E-state index contributed by atoms with van der Waals surface area (Å²) in [5.74, 6) is 0.747. The highest BCUT2D eigenvalue weighted by atomic mass is 35.5. The minimum absolute atomic E-state index is 0.147. The van der Waals surface area contributed by atoms with Crippen LogP contribution in [0.15, 0.2) is 42.5 Å². The second-order valence-corrected chi connectivity index (χ2v) is 5.95. The van der Waals surface area contributed by atoms with Crippen LogP contribution in [0.3, 0.4) is 0 Å². The second kappa shape index (κ2) is 9.10. The van der Waals surface area contributed by atoms with Crippen LogP contribution in [0.2, 0.25) is 5.02 Å². The molecule has 138 valence electrons. The second-order valence-electron chi connectivity index (χ2n) is 5.52. The average Bonchev–Trinajstić information content (AvgIpc) is 2.63. The summed E-state index contributed by atoms with van der Waals surface area (Å²) in [7, 11) is 3.07. The van der Waals surface area contributed by atoms with Gasteiger partial charge in [-0.05, 0) is 36.4 Å². The number of hydrogen-bond acceptors (Lipinski definition) is 4. The van der Waals surface area contributed by atoms with E-state index in [1.54, 1.807) is 49.6 Å². The molecular formula is C19H21ClN2O4. The quantitative estimate of drug-likeness (QED) is 0.799. The fourth-order valence-corrected chi connectivity index (χ4v) is 2.57. The molecule has 2 rings (SSSR count). The number of hydrogen-bond donors (Lipinski definition) is 1. The highest BCUT2D eigenvalue weighted by Crippen LogP contribution is 2.29. The maximum Gasteiger partial charge on any atom is 0.226 e. The third-order valence-corrected chi connectivity index (χ3v) is 4.00. The van der Waals surface area contributed by atoms with Crippen molar-refractivity contribution in [2.75, 3.05) is 31.0 Å². The molecule has 0 atom stereocenters. The van der Waals surface area contributed by atoms with Crippen molar-refractivity contribution in [1.29, 1.82) is 0 Å². The van der Waals surface area contributed by atoms with E-state index < -0.39 is 0 Å². The number of carbonyl (C=O) groups excluding carboxylic acids is 2. The highest BCUT2D eigenvalue weighted by Gasteiger charge is 2.14. The molecule has 26 heavy (non-hydrogen) atoms. The van der Waals surface area contributed by atoms with E-state index >= 15 is 0 Å². The number of methoxy groups -OCH3 is 2. The molecule has 0 heterocycles. The van der Waals surface area contributed by atoms with E-state index in [1.807, 2.05) is 0 Å². The fraction of sp³-hybridized carbons (Fsp3) is 0.263. The van der Waals surface area contributed by atoms with Gasteiger partial charge >= 0.3 is 0 Å². The van der Waals surface area contributed by atoms with Gasteiger partial charge in [0.2, 0.25) is 11.8 Å². The van der Waals surface area contributed by atoms with Crippen molar-refractivity contribution in [2.24, 2.45) is 0 Å². The highest BCUT2D eigenvalue weighted by molar-refractivity contribution is 6.30. The van der Waals surface area contributed by atoms with Crippen molar-refractivity contribution in [3.63, 3.8) is 0 Å². The lowest BCUT2D eigenvalue weighted by atomic mass is 10.2. The molecule has 0 saturated heterocycles. The summed E-state index contributed by atoms with van der Waals surface area (Å²) >= 11 is 5.87. The average molecular weight is 377 g/mol. The number of rotatable bonds is 7. The van der Waals surface area contributed by atoms with E-state index in [2.05, 4.69) is 5.32 Å². The Kier molecular flexibility index (Phi) is 6.86. The molecular weight excluding hydrogens is 356 g/mol. The molecule has 0 fully saturated rings. The third-order valence-electron chi connectivity index (χ3n) is 3.75. The Morgan fingerprint density at radius 1 is 1.04 bits per heavy atom. The monoisotopic (exact) mass is 376 g/mol. The van der Waals surface area contributed by atoms with E-state index in [0.29, 0.717) is 27.9 Å². The molecule has 7 heteroatoms. The summed E-state index contributed by atoms with van der Waals surface area (Å²) < 4.78 is 10.4. The molecule has 0 unspecified atom stereocenters. The van der Waals surface area contributed by atoms with Gasteiger partial charge in [0.05, 0.1) is 14.2 Å². The maximum atomic E-state index is 12.2. The van der Waals surface area contributed by atoms with Crippen LogP contribution in [0.1, 0.15) is 13.3 Å². The van der Waals surface area contributed by atoms with Gasteiger partial charge in [0.15, 0.2) is 11.5 Å². The molecule has 0 aliphatic carbocycles. The Bertz CT molecular complexity index is 778. The maximum absolute atomic E-state index is 12.2. The number of nitrogens with one attached hydrogen (secondary N) is 1. The number of nitrogens with zero attached hydrogens (tertiary/aromatic N) is 1. The number of carbonyl (C=O) groups is 2. The number of benzene rings is 2. The summed E-state index contributed by atoms with van der Waals surface area (Å²) in [4.78, 5) is 25.7. The minimum atomic E-state index is -0.211. The first kappa shape index (κ1) is 19.6. The van der Waals surface area contributed by atoms with Crippen LogP contribution in [-0.2, 0) is 9.59 Å². The lowest BCUT2D eigenvalue weighted by molar-refractivity contribution is -0.117. The van der Waals surface area contributed by atoms with Crippen molar-refractivity contribution in [3.05, 3.63) is 47.5 Å². The first-order chi connectivity index (χ1) is 12.4. The molecule has 2 amide bonds. The summed E-state index contributed by atoms with van der Waals surface area (Å²) in [5, 5.41) is 3.38. The molecule has 0 bridgehead atoms. The van der Waals surface area contributed by atoms with Crippen molar-refractivity contribution in [2.45, 2.75) is 13.3 Å². The Hall–Kier alpha value is -2.73. The lowest BCUT2D eigenvalue weighted by Gasteiger charge is -2.21. The summed E-state index contributed by atoms with van der Waals surface area (Å²) in [6, 6.07) is 12.0. The Labute approximate surface area is 157 Å². The fourth-order valence-electron chi connectivity index (χ4n) is 2.44. The summed E-state index contributed by atoms with van der Waals surface area (Å²) in [5.41, 5.74) is 1.29. The standard InChI is InChI=1S/C19H21ClN2O4/c1-13(23)22(16-7-4-14(20)5-8-16)11-10-19(24)21-15-6-9-17(25-2)18(12-15)26-3/h4-9,12H,10-11H2,1-3H3,(H,21,24). The number of halogens is 1. The molecule has 0 aliphatic heterocycles. The Morgan fingerprint density at radius 3 is 2.27 bits per heavy atom. The van der Waals surface area contributed by atoms with Gasteiger partial charge < -0.3 is 19.7 Å². The first-order valence-corrected chi connectivity index (χ1v) is 8.38. The molecule has 2 aromatic rings. The molecule has 0 spiro atoms. The van der Waals surface area contributed by atoms with Crippen molar-refractivity contribution in [1.82, 2.24) is 0 Å². The zero-order valence-electron chi connectivity index (χ0n) is 14.9. The Morgan fingerprint density at radius 2 is 1.69 bits per heavy atom. The van der Waals surface area contributed by atoms with Gasteiger partial charge in [0, 0.05) is 42.4 Å². The van der Waals surface area contributed by atoms with Crippen molar-refractivity contribution in [3.8, 4) is 11.5 Å². The molecule has 0 aliphatic rings. The molecule has 6 nitrogen and oxygen atoms in total. The van der Waals surface area contributed by atoms with E-state index in [-0.39, 0.29) is 24.8 Å². The predicted molar refractivity (Wildman–Crippen MR) is 102 cm³/mol. The van der Waals surface area contributed by atoms with Crippen molar-refractivity contribution < 1.29 is 19.1 Å². The number of anilines is 2. The van der Waals surface area contributed by atoms with Gasteiger partial charge in [-0.1, -0.05) is 11.6 Å². The zero-order valence-corrected chi connectivity index (χ0v) is 15.7. The first-order valence-electron chi connectivity index (χ1n) is 8.00. The number of ether oxygens (including phenoxy) is 2. The molecule has 0 saturated carbocycles. The van der Waals surface area contributed by atoms with E-state index in [9.17, 15) is 9.59 Å². The van der Waals surface area contributed by atoms with E-state index in [1.165, 1.54) is 18.9 Å². The topological polar surface area (TPSA) is 67.9 Å². The van der Waals surface area contributed by atoms with Crippen LogP contribution in [-0.4, -0.2) is 32.6 Å². The number of amides is 2. The Balaban J connectivity index is 2.00. The van der Waals surface area contributed by atoms with Gasteiger partial charge in [-0.2, -0.15) is 0 Å². The van der Waals surface area contributed by atoms with Gasteiger partial charge in [-0.3, -0.25) is 9.59 Å². The zero-order chi connectivity index (χ0) is 19.1. The summed E-state index contributed by atoms with van der Waals surface area (Å²) in [6.45, 7) is 1.72. The molecule has 1 N–H and O–H groups in total. The van der Waals surface area contributed by atoms with E-state index in [4.69, 9.17) is 21.1 Å². The van der Waals surface area contributed by atoms with Gasteiger partial charge in [0.1, 0.15) is 0 Å². The molecule has 0 radical (unpaired) electrons. The van der Waals surface area contributed by atoms with Crippen LogP contribution < -0.4 is 19.7 Å². The smallest absolute Gasteiger partial charge is 0.226 e. The lowest BCUT2D eigenvalue weighted by Crippen LogP contribution is -2.31. The van der Waals surface area contributed by atoms with Gasteiger partial charge in [-0.25, -0.2) is 0 Å².